The average Bonchev–Trinajstić information content (AvgIpc) is 3.25. The van der Waals surface area contributed by atoms with E-state index in [1.165, 1.54) is 34.3 Å². The van der Waals surface area contributed by atoms with Crippen LogP contribution in [0.5, 0.6) is 0 Å². The fraction of sp³-hybridized carbons (Fsp3) is 0.321. The molecule has 156 valence electrons. The Morgan fingerprint density at radius 3 is 2.06 bits per heavy atom. The van der Waals surface area contributed by atoms with Gasteiger partial charge in [0.15, 0.2) is 0 Å². The highest BCUT2D eigenvalue weighted by molar-refractivity contribution is 7.80. The highest BCUT2D eigenvalue weighted by Crippen LogP contribution is 2.61. The van der Waals surface area contributed by atoms with E-state index in [0.29, 0.717) is 17.4 Å². The van der Waals surface area contributed by atoms with E-state index in [0.717, 1.165) is 11.8 Å². The van der Waals surface area contributed by atoms with Crippen LogP contribution in [-0.2, 0) is 4.74 Å². The van der Waals surface area contributed by atoms with Crippen molar-refractivity contribution in [2.45, 2.75) is 38.8 Å². The maximum atomic E-state index is 6.66. The van der Waals surface area contributed by atoms with E-state index in [2.05, 4.69) is 98.8 Å². The number of aliphatic imine (C=N–C) groups is 1. The second kappa shape index (κ2) is 7.31. The monoisotopic (exact) mass is 425 g/mol. The molecule has 4 aliphatic rings. The summed E-state index contributed by atoms with van der Waals surface area (Å²) in [5.41, 5.74) is 1.57. The minimum atomic E-state index is -0.685. The molecule has 31 heavy (non-hydrogen) atoms. The number of hydrogen-bond donors (Lipinski definition) is 0. The van der Waals surface area contributed by atoms with Crippen molar-refractivity contribution >= 4 is 29.7 Å². The molecule has 0 spiro atoms. The van der Waals surface area contributed by atoms with Crippen LogP contribution in [-0.4, -0.2) is 18.0 Å². The van der Waals surface area contributed by atoms with E-state index < -0.39 is 7.92 Å². The molecule has 0 unspecified atom stereocenters. The van der Waals surface area contributed by atoms with Gasteiger partial charge in [0, 0.05) is 11.5 Å². The van der Waals surface area contributed by atoms with Gasteiger partial charge in [-0.05, 0) is 54.1 Å². The lowest BCUT2D eigenvalue weighted by Crippen LogP contribution is -2.59. The van der Waals surface area contributed by atoms with E-state index in [4.69, 9.17) is 9.73 Å². The zero-order valence-electron chi connectivity index (χ0n) is 18.1. The Morgan fingerprint density at radius 2 is 1.42 bits per heavy atom. The van der Waals surface area contributed by atoms with Crippen molar-refractivity contribution in [2.24, 2.45) is 22.2 Å². The van der Waals surface area contributed by atoms with Crippen LogP contribution in [0.3, 0.4) is 0 Å². The van der Waals surface area contributed by atoms with Crippen molar-refractivity contribution in [3.8, 4) is 0 Å². The highest BCUT2D eigenvalue weighted by Gasteiger charge is 2.60. The molecule has 0 radical (unpaired) electrons. The summed E-state index contributed by atoms with van der Waals surface area (Å²) in [5, 5.41) is 4.05. The van der Waals surface area contributed by atoms with Crippen LogP contribution in [0.4, 0.5) is 0 Å². The van der Waals surface area contributed by atoms with E-state index in [-0.39, 0.29) is 6.10 Å². The van der Waals surface area contributed by atoms with Crippen LogP contribution in [0, 0.1) is 17.3 Å². The summed E-state index contributed by atoms with van der Waals surface area (Å²) in [7, 11) is -0.685. The van der Waals surface area contributed by atoms with E-state index in [1.807, 2.05) is 0 Å². The van der Waals surface area contributed by atoms with Crippen molar-refractivity contribution in [2.75, 3.05) is 0 Å². The Bertz CT molecular complexity index is 1080. The van der Waals surface area contributed by atoms with Gasteiger partial charge in [-0.15, -0.1) is 0 Å². The second-order valence-corrected chi connectivity index (χ2v) is 11.9. The molecule has 0 N–H and O–H groups in total. The predicted octanol–water partition coefficient (Wildman–Crippen LogP) is 5.02. The minimum Gasteiger partial charge on any atom is -0.472 e. The zero-order chi connectivity index (χ0) is 21.0. The van der Waals surface area contributed by atoms with Gasteiger partial charge in [-0.3, -0.25) is 0 Å². The van der Waals surface area contributed by atoms with Crippen molar-refractivity contribution in [1.29, 1.82) is 0 Å². The molecular weight excluding hydrogens is 397 g/mol. The van der Waals surface area contributed by atoms with Crippen LogP contribution < -0.4 is 15.9 Å². The van der Waals surface area contributed by atoms with Crippen molar-refractivity contribution in [3.63, 3.8) is 0 Å². The molecule has 1 heterocycles. The lowest BCUT2D eigenvalue weighted by atomic mass is 9.47. The van der Waals surface area contributed by atoms with E-state index in [1.54, 1.807) is 0 Å². The van der Waals surface area contributed by atoms with Crippen LogP contribution >= 0.6 is 7.92 Å². The third-order valence-corrected chi connectivity index (χ3v) is 10.3. The molecule has 3 aromatic rings. The number of hydrogen-bond acceptors (Lipinski definition) is 2. The second-order valence-electron chi connectivity index (χ2n) is 9.70. The fourth-order valence-electron chi connectivity index (χ4n) is 5.87. The first-order valence-corrected chi connectivity index (χ1v) is 12.7. The van der Waals surface area contributed by atoms with Gasteiger partial charge < -0.3 is 4.74 Å². The summed E-state index contributed by atoms with van der Waals surface area (Å²) in [6, 6.07) is 30.9. The first kappa shape index (κ1) is 19.3. The highest BCUT2D eigenvalue weighted by atomic mass is 31.1. The van der Waals surface area contributed by atoms with Crippen molar-refractivity contribution in [3.05, 3.63) is 90.5 Å². The minimum absolute atomic E-state index is 0.253. The van der Waals surface area contributed by atoms with Crippen molar-refractivity contribution in [1.82, 2.24) is 0 Å². The third-order valence-electron chi connectivity index (χ3n) is 7.78. The van der Waals surface area contributed by atoms with Crippen LogP contribution in [0.15, 0.2) is 89.9 Å². The van der Waals surface area contributed by atoms with E-state index in [9.17, 15) is 0 Å². The summed E-state index contributed by atoms with van der Waals surface area (Å²) in [5.74, 6) is 2.30. The average molecular weight is 426 g/mol. The topological polar surface area (TPSA) is 21.6 Å². The molecule has 3 aliphatic carbocycles. The summed E-state index contributed by atoms with van der Waals surface area (Å²) in [4.78, 5) is 5.16. The SMILES string of the molecule is CC1(C)[C@H]2C[C@H]3N=C(c4ccccc4P(c4ccccc4)c4ccccc4)O[C@H]3[C@@H]1C2. The number of nitrogens with zero attached hydrogens (tertiary/aromatic N) is 1. The molecule has 3 heteroatoms. The van der Waals surface area contributed by atoms with Gasteiger partial charge in [0.2, 0.25) is 5.90 Å². The van der Waals surface area contributed by atoms with Crippen molar-refractivity contribution < 1.29 is 4.74 Å². The van der Waals surface area contributed by atoms with Gasteiger partial charge in [-0.1, -0.05) is 92.7 Å². The summed E-state index contributed by atoms with van der Waals surface area (Å²) >= 11 is 0. The first-order chi connectivity index (χ1) is 15.1. The van der Waals surface area contributed by atoms with Crippen LogP contribution in [0.25, 0.3) is 0 Å². The maximum Gasteiger partial charge on any atom is 0.217 e. The Morgan fingerprint density at radius 1 is 0.806 bits per heavy atom. The summed E-state index contributed by atoms with van der Waals surface area (Å²) in [6.07, 6.45) is 2.73. The molecule has 0 aromatic heterocycles. The molecule has 2 bridgehead atoms. The lowest BCUT2D eigenvalue weighted by Gasteiger charge is -2.59. The Kier molecular flexibility index (Phi) is 4.54. The molecule has 2 nitrogen and oxygen atoms in total. The summed E-state index contributed by atoms with van der Waals surface area (Å²) < 4.78 is 6.66. The standard InChI is InChI=1S/C28H28NOP/c1-28(2)19-17-23(28)26-24(18-19)29-27(30-26)22-15-9-10-16-25(22)31(20-11-5-3-6-12-20)21-13-7-4-8-14-21/h3-16,19,23-24,26H,17-18H2,1-2H3/t19-,23+,24-,26+/m1/s1. The molecule has 3 aromatic carbocycles. The molecule has 0 amide bonds. The van der Waals surface area contributed by atoms with Gasteiger partial charge in [-0.2, -0.15) is 0 Å². The Hall–Kier alpha value is -2.44. The van der Waals surface area contributed by atoms with Gasteiger partial charge in [0.05, 0.1) is 6.04 Å². The molecule has 0 saturated heterocycles. The fourth-order valence-corrected chi connectivity index (χ4v) is 8.31. The van der Waals surface area contributed by atoms with E-state index >= 15 is 0 Å². The quantitative estimate of drug-likeness (QED) is 0.538. The Balaban J connectivity index is 1.42. The van der Waals surface area contributed by atoms with Gasteiger partial charge in [0.1, 0.15) is 6.10 Å². The Labute approximate surface area is 186 Å². The van der Waals surface area contributed by atoms with Gasteiger partial charge in [0.25, 0.3) is 0 Å². The normalized spacial score (nSPS) is 27.8. The molecular formula is C28H28NOP. The summed E-state index contributed by atoms with van der Waals surface area (Å²) in [6.45, 7) is 4.84. The van der Waals surface area contributed by atoms with Crippen LogP contribution in [0.1, 0.15) is 32.3 Å². The molecule has 1 aliphatic heterocycles. The molecule has 7 rings (SSSR count). The van der Waals surface area contributed by atoms with Gasteiger partial charge >= 0.3 is 0 Å². The van der Waals surface area contributed by atoms with Gasteiger partial charge in [-0.25, -0.2) is 4.99 Å². The smallest absolute Gasteiger partial charge is 0.217 e. The molecule has 3 fully saturated rings. The number of ether oxygens (including phenoxy) is 1. The zero-order valence-corrected chi connectivity index (χ0v) is 19.0. The van der Waals surface area contributed by atoms with Crippen LogP contribution in [0.2, 0.25) is 0 Å². The lowest BCUT2D eigenvalue weighted by molar-refractivity contribution is -0.134. The molecule has 4 atom stereocenters. The number of benzene rings is 3. The third kappa shape index (κ3) is 3.07. The maximum absolute atomic E-state index is 6.66. The predicted molar refractivity (Wildman–Crippen MR) is 130 cm³/mol. The first-order valence-electron chi connectivity index (χ1n) is 11.4. The number of rotatable bonds is 4. The molecule has 3 saturated carbocycles. The largest absolute Gasteiger partial charge is 0.472 e.